The Bertz CT molecular complexity index is 764. The second-order valence-corrected chi connectivity index (χ2v) is 7.24. The molecule has 1 atom stereocenters. The van der Waals surface area contributed by atoms with Crippen LogP contribution < -0.4 is 4.90 Å². The Hall–Kier alpha value is -2.05. The second kappa shape index (κ2) is 6.69. The molecule has 2 fully saturated rings. The fourth-order valence-electron chi connectivity index (χ4n) is 3.83. The molecule has 0 saturated carbocycles. The third kappa shape index (κ3) is 3.24. The minimum Gasteiger partial charge on any atom is -0.391 e. The molecule has 25 heavy (non-hydrogen) atoms. The van der Waals surface area contributed by atoms with Gasteiger partial charge >= 0.3 is 0 Å². The van der Waals surface area contributed by atoms with E-state index in [0.29, 0.717) is 12.1 Å². The molecular weight excluding hydrogens is 316 g/mol. The first-order chi connectivity index (χ1) is 12.1. The zero-order valence-electron chi connectivity index (χ0n) is 14.8. The number of aliphatic hydroxyl groups is 1. The number of rotatable bonds is 2. The highest BCUT2D eigenvalue weighted by Crippen LogP contribution is 2.22. The van der Waals surface area contributed by atoms with Gasteiger partial charge in [-0.15, -0.1) is 0 Å². The molecule has 1 N–H and O–H groups in total. The van der Waals surface area contributed by atoms with Crippen molar-refractivity contribution in [3.05, 3.63) is 36.0 Å². The Balaban J connectivity index is 1.61. The summed E-state index contributed by atoms with van der Waals surface area (Å²) in [5, 5.41) is 9.84. The maximum Gasteiger partial charge on any atom is 0.255 e. The highest BCUT2D eigenvalue weighted by atomic mass is 16.3. The molecule has 2 aromatic rings. The predicted octanol–water partition coefficient (Wildman–Crippen LogP) is 1.29. The number of nitrogens with zero attached hydrogens (tertiary/aromatic N) is 4. The lowest BCUT2D eigenvalue weighted by Gasteiger charge is -2.33. The van der Waals surface area contributed by atoms with E-state index in [-0.39, 0.29) is 5.91 Å². The minimum atomic E-state index is -0.395. The lowest BCUT2D eigenvalue weighted by molar-refractivity contribution is 0.0473. The largest absolute Gasteiger partial charge is 0.391 e. The van der Waals surface area contributed by atoms with E-state index in [4.69, 9.17) is 0 Å². The van der Waals surface area contributed by atoms with Crippen molar-refractivity contribution in [1.82, 2.24) is 14.2 Å². The van der Waals surface area contributed by atoms with Crippen molar-refractivity contribution in [1.29, 1.82) is 0 Å². The zero-order chi connectivity index (χ0) is 17.4. The topological polar surface area (TPSA) is 51.4 Å². The van der Waals surface area contributed by atoms with E-state index in [1.807, 2.05) is 18.3 Å². The Kier molecular flexibility index (Phi) is 4.39. The molecule has 6 heteroatoms. The van der Waals surface area contributed by atoms with E-state index in [1.54, 1.807) is 4.90 Å². The van der Waals surface area contributed by atoms with Crippen molar-refractivity contribution in [2.75, 3.05) is 51.2 Å². The normalized spacial score (nSPS) is 22.6. The number of anilines is 1. The van der Waals surface area contributed by atoms with E-state index in [2.05, 4.69) is 33.4 Å². The van der Waals surface area contributed by atoms with Crippen molar-refractivity contribution in [2.45, 2.75) is 18.9 Å². The first-order valence-corrected chi connectivity index (χ1v) is 9.14. The summed E-state index contributed by atoms with van der Waals surface area (Å²) in [5.41, 5.74) is 1.79. The lowest BCUT2D eigenvalue weighted by atomic mass is 10.1. The van der Waals surface area contributed by atoms with Gasteiger partial charge in [0.15, 0.2) is 0 Å². The summed E-state index contributed by atoms with van der Waals surface area (Å²) in [5.74, 6) is 1.16. The summed E-state index contributed by atoms with van der Waals surface area (Å²) in [6.45, 7) is 5.27. The number of hydrogen-bond acceptors (Lipinski definition) is 4. The predicted molar refractivity (Wildman–Crippen MR) is 98.3 cm³/mol. The zero-order valence-corrected chi connectivity index (χ0v) is 14.8. The van der Waals surface area contributed by atoms with Crippen molar-refractivity contribution in [3.8, 4) is 0 Å². The van der Waals surface area contributed by atoms with Crippen LogP contribution in [-0.4, -0.2) is 77.6 Å². The summed E-state index contributed by atoms with van der Waals surface area (Å²) >= 11 is 0. The highest BCUT2D eigenvalue weighted by Gasteiger charge is 2.24. The quantitative estimate of drug-likeness (QED) is 0.894. The van der Waals surface area contributed by atoms with Gasteiger partial charge in [0.05, 0.1) is 11.7 Å². The maximum absolute atomic E-state index is 12.8. The van der Waals surface area contributed by atoms with Gasteiger partial charge in [0.25, 0.3) is 5.91 Å². The summed E-state index contributed by atoms with van der Waals surface area (Å²) < 4.78 is 2.12. The highest BCUT2D eigenvalue weighted by molar-refractivity contribution is 5.94. The SMILES string of the molecule is CN1CCN(c2ccc3ccc(C(=O)N4CCCC(O)C4)cn23)CC1. The smallest absolute Gasteiger partial charge is 0.255 e. The second-order valence-electron chi connectivity index (χ2n) is 7.24. The van der Waals surface area contributed by atoms with Gasteiger partial charge in [0.1, 0.15) is 5.82 Å². The van der Waals surface area contributed by atoms with Gasteiger partial charge in [-0.1, -0.05) is 0 Å². The number of β-amino-alcohol motifs (C(OH)–C–C–N with tert-alkyl or cyclic N) is 1. The molecule has 1 unspecified atom stereocenters. The van der Waals surface area contributed by atoms with Crippen LogP contribution in [0.5, 0.6) is 0 Å². The first kappa shape index (κ1) is 16.4. The maximum atomic E-state index is 12.8. The van der Waals surface area contributed by atoms with Crippen LogP contribution >= 0.6 is 0 Å². The van der Waals surface area contributed by atoms with Gasteiger partial charge in [0.2, 0.25) is 0 Å². The number of fused-ring (bicyclic) bond motifs is 1. The molecular formula is C19H26N4O2. The summed E-state index contributed by atoms with van der Waals surface area (Å²) in [4.78, 5) is 19.3. The molecule has 0 bridgehead atoms. The van der Waals surface area contributed by atoms with Crippen LogP contribution in [0.25, 0.3) is 5.52 Å². The average molecular weight is 342 g/mol. The van der Waals surface area contributed by atoms with E-state index >= 15 is 0 Å². The standard InChI is InChI=1S/C19H26N4O2/c1-20-9-11-21(12-10-20)18-7-6-16-5-4-15(13-23(16)18)19(25)22-8-2-3-17(24)14-22/h4-7,13,17,24H,2-3,8-12,14H2,1H3. The molecule has 0 spiro atoms. The Morgan fingerprint density at radius 1 is 1.08 bits per heavy atom. The number of likely N-dealkylation sites (N-methyl/N-ethyl adjacent to an activating group) is 1. The molecule has 2 saturated heterocycles. The Morgan fingerprint density at radius 2 is 1.84 bits per heavy atom. The lowest BCUT2D eigenvalue weighted by Crippen LogP contribution is -2.45. The van der Waals surface area contributed by atoms with Crippen LogP contribution in [0.3, 0.4) is 0 Å². The minimum absolute atomic E-state index is 0.0127. The number of carbonyl (C=O) groups is 1. The van der Waals surface area contributed by atoms with Gasteiger partial charge in [-0.3, -0.25) is 4.79 Å². The summed E-state index contributed by atoms with van der Waals surface area (Å²) in [6.07, 6.45) is 3.21. The summed E-state index contributed by atoms with van der Waals surface area (Å²) in [7, 11) is 2.15. The number of piperazine rings is 1. The molecule has 0 aliphatic carbocycles. The number of carbonyl (C=O) groups excluding carboxylic acids is 1. The third-order valence-electron chi connectivity index (χ3n) is 5.39. The van der Waals surface area contributed by atoms with E-state index < -0.39 is 6.10 Å². The third-order valence-corrected chi connectivity index (χ3v) is 5.39. The van der Waals surface area contributed by atoms with Crippen molar-refractivity contribution in [3.63, 3.8) is 0 Å². The number of pyridine rings is 1. The molecule has 0 aromatic carbocycles. The van der Waals surface area contributed by atoms with Gasteiger partial charge in [-0.25, -0.2) is 0 Å². The number of aliphatic hydroxyl groups excluding tert-OH is 1. The molecule has 2 aromatic heterocycles. The van der Waals surface area contributed by atoms with Gasteiger partial charge in [0, 0.05) is 51.0 Å². The van der Waals surface area contributed by atoms with Crippen LogP contribution in [0.2, 0.25) is 0 Å². The number of piperidine rings is 1. The molecule has 4 rings (SSSR count). The van der Waals surface area contributed by atoms with Gasteiger partial charge < -0.3 is 24.2 Å². The fraction of sp³-hybridized carbons (Fsp3) is 0.526. The van der Waals surface area contributed by atoms with Crippen LogP contribution in [0.1, 0.15) is 23.2 Å². The van der Waals surface area contributed by atoms with Gasteiger partial charge in [-0.2, -0.15) is 0 Å². The van der Waals surface area contributed by atoms with Crippen LogP contribution in [0, 0.1) is 0 Å². The molecule has 134 valence electrons. The van der Waals surface area contributed by atoms with Crippen molar-refractivity contribution in [2.24, 2.45) is 0 Å². The Morgan fingerprint density at radius 3 is 2.60 bits per heavy atom. The number of amides is 1. The van der Waals surface area contributed by atoms with Crippen LogP contribution in [-0.2, 0) is 0 Å². The number of aromatic nitrogens is 1. The monoisotopic (exact) mass is 342 g/mol. The average Bonchev–Trinajstić information content (AvgIpc) is 3.05. The van der Waals surface area contributed by atoms with Crippen molar-refractivity contribution < 1.29 is 9.90 Å². The Labute approximate surface area is 148 Å². The van der Waals surface area contributed by atoms with E-state index in [0.717, 1.165) is 56.9 Å². The molecule has 4 heterocycles. The molecule has 6 nitrogen and oxygen atoms in total. The van der Waals surface area contributed by atoms with Crippen LogP contribution in [0.4, 0.5) is 5.82 Å². The summed E-state index contributed by atoms with van der Waals surface area (Å²) in [6, 6.07) is 8.14. The van der Waals surface area contributed by atoms with Crippen molar-refractivity contribution >= 4 is 17.2 Å². The molecule has 1 amide bonds. The molecule has 2 aliphatic heterocycles. The molecule has 0 radical (unpaired) electrons. The van der Waals surface area contributed by atoms with E-state index in [9.17, 15) is 9.90 Å². The first-order valence-electron chi connectivity index (χ1n) is 9.14. The number of hydrogen-bond donors (Lipinski definition) is 1. The number of likely N-dealkylation sites (tertiary alicyclic amines) is 1. The van der Waals surface area contributed by atoms with Gasteiger partial charge in [-0.05, 0) is 44.2 Å². The van der Waals surface area contributed by atoms with Crippen LogP contribution in [0.15, 0.2) is 30.5 Å². The van der Waals surface area contributed by atoms with E-state index in [1.165, 1.54) is 0 Å². The fourth-order valence-corrected chi connectivity index (χ4v) is 3.83. The molecule has 2 aliphatic rings.